The first-order chi connectivity index (χ1) is 17.9. The number of amides is 2. The number of hydrogen-bond acceptors (Lipinski definition) is 6. The molecule has 1 spiro atoms. The van der Waals surface area contributed by atoms with Crippen LogP contribution >= 0.6 is 23.4 Å². The number of aliphatic hydroxyl groups excluding tert-OH is 1. The van der Waals surface area contributed by atoms with Gasteiger partial charge in [-0.3, -0.25) is 14.4 Å². The van der Waals surface area contributed by atoms with Gasteiger partial charge >= 0.3 is 5.97 Å². The molecule has 4 aliphatic rings. The SMILES string of the molecule is Cc1cccc(Cl)c1N1CC=C[C@]23S[C@H]4C=CCCOC(=O)[C@H]4[C@H]2C(=O)N(CCCCCCO)C3C1=O. The number of esters is 1. The highest BCUT2D eigenvalue weighted by Gasteiger charge is 2.71. The summed E-state index contributed by atoms with van der Waals surface area (Å²) in [5.74, 6) is -2.00. The number of likely N-dealkylation sites (tertiary alicyclic amines) is 1. The maximum absolute atomic E-state index is 14.4. The van der Waals surface area contributed by atoms with Crippen molar-refractivity contribution in [2.75, 3.05) is 31.2 Å². The molecule has 0 bridgehead atoms. The molecule has 37 heavy (non-hydrogen) atoms. The number of ether oxygens (including phenoxy) is 1. The Bertz CT molecular complexity index is 1120. The molecular formula is C28H33ClN2O5S. The van der Waals surface area contributed by atoms with E-state index in [4.69, 9.17) is 21.4 Å². The molecule has 1 N–H and O–H groups in total. The molecule has 2 amide bonds. The van der Waals surface area contributed by atoms with Crippen molar-refractivity contribution in [3.63, 3.8) is 0 Å². The van der Waals surface area contributed by atoms with Gasteiger partial charge in [0, 0.05) is 24.9 Å². The summed E-state index contributed by atoms with van der Waals surface area (Å²) in [6, 6.07) is 4.80. The number of nitrogens with zero attached hydrogens (tertiary/aromatic N) is 2. The highest BCUT2D eigenvalue weighted by atomic mass is 35.5. The number of anilines is 1. The predicted octanol–water partition coefficient (Wildman–Crippen LogP) is 3.90. The van der Waals surface area contributed by atoms with E-state index in [-0.39, 0.29) is 29.6 Å². The molecule has 0 radical (unpaired) electrons. The summed E-state index contributed by atoms with van der Waals surface area (Å²) >= 11 is 8.14. The van der Waals surface area contributed by atoms with Crippen LogP contribution in [0, 0.1) is 18.8 Å². The minimum absolute atomic E-state index is 0.140. The van der Waals surface area contributed by atoms with E-state index in [0.717, 1.165) is 24.8 Å². The van der Waals surface area contributed by atoms with E-state index >= 15 is 0 Å². The molecule has 5 atom stereocenters. The first kappa shape index (κ1) is 26.3. The van der Waals surface area contributed by atoms with E-state index < -0.39 is 22.6 Å². The lowest BCUT2D eigenvalue weighted by Gasteiger charge is -2.35. The number of aliphatic hydroxyl groups is 1. The number of aryl methyl sites for hydroxylation is 1. The molecule has 4 heterocycles. The fourth-order valence-corrected chi connectivity index (χ4v) is 8.59. The third kappa shape index (κ3) is 4.51. The van der Waals surface area contributed by atoms with E-state index in [1.807, 2.05) is 43.4 Å². The Labute approximate surface area is 226 Å². The van der Waals surface area contributed by atoms with Gasteiger partial charge in [-0.2, -0.15) is 0 Å². The molecule has 2 fully saturated rings. The van der Waals surface area contributed by atoms with Crippen molar-refractivity contribution >= 4 is 46.8 Å². The number of carbonyl (C=O) groups excluding carboxylic acids is 3. The van der Waals surface area contributed by atoms with Gasteiger partial charge in [0.05, 0.1) is 33.9 Å². The Morgan fingerprint density at radius 1 is 1.14 bits per heavy atom. The summed E-state index contributed by atoms with van der Waals surface area (Å²) in [6.45, 7) is 3.12. The first-order valence-corrected chi connectivity index (χ1v) is 14.3. The van der Waals surface area contributed by atoms with Gasteiger partial charge in [0.1, 0.15) is 6.04 Å². The van der Waals surface area contributed by atoms with Crippen molar-refractivity contribution in [3.8, 4) is 0 Å². The summed E-state index contributed by atoms with van der Waals surface area (Å²) in [5.41, 5.74) is 1.54. The van der Waals surface area contributed by atoms with Crippen LogP contribution in [0.15, 0.2) is 42.5 Å². The molecule has 7 nitrogen and oxygen atoms in total. The average molecular weight is 545 g/mol. The quantitative estimate of drug-likeness (QED) is 0.318. The van der Waals surface area contributed by atoms with Gasteiger partial charge in [0.15, 0.2) is 0 Å². The number of benzene rings is 1. The molecule has 1 unspecified atom stereocenters. The van der Waals surface area contributed by atoms with E-state index in [1.54, 1.807) is 27.6 Å². The Balaban J connectivity index is 1.56. The van der Waals surface area contributed by atoms with Crippen LogP contribution in [0.5, 0.6) is 0 Å². The van der Waals surface area contributed by atoms with Crippen LogP contribution in [0.25, 0.3) is 0 Å². The summed E-state index contributed by atoms with van der Waals surface area (Å²) < 4.78 is 4.67. The molecule has 1 aromatic carbocycles. The number of para-hydroxylation sites is 1. The second kappa shape index (κ2) is 10.8. The largest absolute Gasteiger partial charge is 0.465 e. The zero-order valence-electron chi connectivity index (χ0n) is 21.0. The monoisotopic (exact) mass is 544 g/mol. The highest BCUT2D eigenvalue weighted by Crippen LogP contribution is 2.61. The maximum Gasteiger partial charge on any atom is 0.311 e. The summed E-state index contributed by atoms with van der Waals surface area (Å²) in [7, 11) is 0. The molecule has 2 saturated heterocycles. The number of cyclic esters (lactones) is 1. The van der Waals surface area contributed by atoms with E-state index in [1.165, 1.54) is 0 Å². The molecule has 4 aliphatic heterocycles. The molecule has 1 aromatic rings. The topological polar surface area (TPSA) is 87.2 Å². The smallest absolute Gasteiger partial charge is 0.311 e. The van der Waals surface area contributed by atoms with Crippen LogP contribution < -0.4 is 4.90 Å². The number of fused-ring (bicyclic) bond motifs is 2. The Morgan fingerprint density at radius 2 is 1.95 bits per heavy atom. The van der Waals surface area contributed by atoms with Crippen molar-refractivity contribution in [3.05, 3.63) is 53.1 Å². The minimum Gasteiger partial charge on any atom is -0.465 e. The Morgan fingerprint density at radius 3 is 2.73 bits per heavy atom. The zero-order chi connectivity index (χ0) is 26.2. The number of unbranched alkanes of at least 4 members (excludes halogenated alkanes) is 3. The molecule has 198 valence electrons. The zero-order valence-corrected chi connectivity index (χ0v) is 22.5. The van der Waals surface area contributed by atoms with Crippen LogP contribution in [0.1, 0.15) is 37.7 Å². The fraction of sp³-hybridized carbons (Fsp3) is 0.536. The third-order valence-electron chi connectivity index (χ3n) is 7.89. The molecule has 0 aliphatic carbocycles. The van der Waals surface area contributed by atoms with E-state index in [0.29, 0.717) is 43.2 Å². The fourth-order valence-electron chi connectivity index (χ4n) is 6.26. The highest BCUT2D eigenvalue weighted by molar-refractivity contribution is 8.02. The number of halogens is 1. The van der Waals surface area contributed by atoms with Gasteiger partial charge < -0.3 is 19.6 Å². The summed E-state index contributed by atoms with van der Waals surface area (Å²) in [4.78, 5) is 45.1. The number of rotatable bonds is 7. The predicted molar refractivity (Wildman–Crippen MR) is 145 cm³/mol. The summed E-state index contributed by atoms with van der Waals surface area (Å²) in [5, 5.41) is 9.38. The molecular weight excluding hydrogens is 512 g/mol. The standard InChI is InChI=1S/C28H33ClN2O5S/c1-18-10-8-11-19(29)23(18)30-15-9-13-28-22(21-20(37-28)12-4-7-17-36-27(21)35)25(33)31(24(28)26(30)34)14-5-2-3-6-16-32/h4,8-13,20-22,24,32H,2-3,5-7,14-17H2,1H3/t20-,21+,22-,24?,28-/m0/s1. The van der Waals surface area contributed by atoms with Gasteiger partial charge in [0.25, 0.3) is 5.91 Å². The van der Waals surface area contributed by atoms with Gasteiger partial charge in [0.2, 0.25) is 5.91 Å². The third-order valence-corrected chi connectivity index (χ3v) is 9.94. The van der Waals surface area contributed by atoms with E-state index in [2.05, 4.69) is 0 Å². The number of thioether (sulfide) groups is 1. The molecule has 0 saturated carbocycles. The van der Waals surface area contributed by atoms with Gasteiger partial charge in [-0.15, -0.1) is 11.8 Å². The van der Waals surface area contributed by atoms with Crippen molar-refractivity contribution in [1.29, 1.82) is 0 Å². The lowest BCUT2D eigenvalue weighted by Crippen LogP contribution is -2.53. The Kier molecular flexibility index (Phi) is 7.70. The van der Waals surface area contributed by atoms with Crippen molar-refractivity contribution < 1.29 is 24.2 Å². The Hall–Kier alpha value is -2.29. The van der Waals surface area contributed by atoms with Crippen molar-refractivity contribution in [2.24, 2.45) is 11.8 Å². The van der Waals surface area contributed by atoms with Crippen LogP contribution in [0.4, 0.5) is 5.69 Å². The normalized spacial score (nSPS) is 30.9. The first-order valence-electron chi connectivity index (χ1n) is 13.1. The van der Waals surface area contributed by atoms with Crippen LogP contribution in [0.3, 0.4) is 0 Å². The van der Waals surface area contributed by atoms with Crippen LogP contribution in [0.2, 0.25) is 5.02 Å². The number of carbonyl (C=O) groups is 3. The molecule has 5 rings (SSSR count). The average Bonchev–Trinajstić information content (AvgIpc) is 3.23. The van der Waals surface area contributed by atoms with Crippen LogP contribution in [-0.4, -0.2) is 70.1 Å². The van der Waals surface area contributed by atoms with Crippen molar-refractivity contribution in [1.82, 2.24) is 4.90 Å². The maximum atomic E-state index is 14.4. The van der Waals surface area contributed by atoms with Crippen molar-refractivity contribution in [2.45, 2.75) is 55.1 Å². The van der Waals surface area contributed by atoms with Crippen LogP contribution in [-0.2, 0) is 19.1 Å². The minimum atomic E-state index is -0.869. The number of hydrogen-bond donors (Lipinski definition) is 1. The van der Waals surface area contributed by atoms with Gasteiger partial charge in [-0.05, 0) is 37.8 Å². The van der Waals surface area contributed by atoms with E-state index in [9.17, 15) is 14.4 Å². The van der Waals surface area contributed by atoms with Gasteiger partial charge in [-0.25, -0.2) is 0 Å². The second-order valence-electron chi connectivity index (χ2n) is 10.2. The summed E-state index contributed by atoms with van der Waals surface area (Å²) in [6.07, 6.45) is 11.8. The second-order valence-corrected chi connectivity index (χ2v) is 12.0. The molecule has 9 heteroatoms. The molecule has 0 aromatic heterocycles. The lowest BCUT2D eigenvalue weighted by atomic mass is 9.78. The van der Waals surface area contributed by atoms with Gasteiger partial charge in [-0.1, -0.05) is 60.9 Å². The lowest BCUT2D eigenvalue weighted by molar-refractivity contribution is -0.153.